The molecule has 2 aliphatic rings. The van der Waals surface area contributed by atoms with Gasteiger partial charge in [-0.2, -0.15) is 15.0 Å². The van der Waals surface area contributed by atoms with Crippen LogP contribution < -0.4 is 15.5 Å². The predicted molar refractivity (Wildman–Crippen MR) is 76.3 cm³/mol. The highest BCUT2D eigenvalue weighted by Crippen LogP contribution is 2.31. The quantitative estimate of drug-likeness (QED) is 0.862. The molecule has 1 aromatic heterocycles. The van der Waals surface area contributed by atoms with Gasteiger partial charge in [-0.3, -0.25) is 0 Å². The maximum Gasteiger partial charge on any atom is 0.231 e. The van der Waals surface area contributed by atoms with Crippen molar-refractivity contribution in [3.63, 3.8) is 0 Å². The molecule has 0 bridgehead atoms. The lowest BCUT2D eigenvalue weighted by Crippen LogP contribution is -2.29. The number of hydrogen-bond acceptors (Lipinski definition) is 6. The van der Waals surface area contributed by atoms with Crippen LogP contribution in [-0.4, -0.2) is 41.1 Å². The third kappa shape index (κ3) is 2.88. The first-order chi connectivity index (χ1) is 9.26. The standard InChI is InChI=1S/C13H22N6/c1-2-18(9-10-5-6-10)12-15-11(14)16-13(17-12)19-7-3-4-8-19/h10H,2-9H2,1H3,(H2,14,15,16,17). The first-order valence-electron chi connectivity index (χ1n) is 7.27. The second-order valence-electron chi connectivity index (χ2n) is 5.47. The SMILES string of the molecule is CCN(CC1CC1)c1nc(N)nc(N2CCCC2)n1. The average Bonchev–Trinajstić information content (AvgIpc) is 3.05. The van der Waals surface area contributed by atoms with Gasteiger partial charge in [-0.1, -0.05) is 0 Å². The minimum absolute atomic E-state index is 0.334. The Hall–Kier alpha value is -1.59. The summed E-state index contributed by atoms with van der Waals surface area (Å²) < 4.78 is 0. The zero-order valence-corrected chi connectivity index (χ0v) is 11.5. The Bertz CT molecular complexity index is 439. The maximum absolute atomic E-state index is 5.85. The largest absolute Gasteiger partial charge is 0.368 e. The first kappa shape index (κ1) is 12.4. The van der Waals surface area contributed by atoms with E-state index in [-0.39, 0.29) is 0 Å². The molecule has 2 N–H and O–H groups in total. The van der Waals surface area contributed by atoms with Gasteiger partial charge in [0.25, 0.3) is 0 Å². The number of nitrogen functional groups attached to an aromatic ring is 1. The summed E-state index contributed by atoms with van der Waals surface area (Å²) >= 11 is 0. The third-order valence-corrected chi connectivity index (χ3v) is 3.86. The van der Waals surface area contributed by atoms with Gasteiger partial charge in [-0.05, 0) is 38.5 Å². The topological polar surface area (TPSA) is 71.2 Å². The van der Waals surface area contributed by atoms with Gasteiger partial charge in [0.1, 0.15) is 0 Å². The van der Waals surface area contributed by atoms with Gasteiger partial charge in [0.15, 0.2) is 0 Å². The second kappa shape index (κ2) is 5.19. The molecule has 6 heteroatoms. The maximum atomic E-state index is 5.85. The lowest BCUT2D eigenvalue weighted by Gasteiger charge is -2.22. The van der Waals surface area contributed by atoms with Crippen molar-refractivity contribution in [2.75, 3.05) is 41.7 Å². The van der Waals surface area contributed by atoms with Crippen LogP contribution in [0.1, 0.15) is 32.6 Å². The predicted octanol–water partition coefficient (Wildman–Crippen LogP) is 1.29. The highest BCUT2D eigenvalue weighted by Gasteiger charge is 2.26. The van der Waals surface area contributed by atoms with Gasteiger partial charge in [0.2, 0.25) is 17.8 Å². The molecule has 6 nitrogen and oxygen atoms in total. The van der Waals surface area contributed by atoms with Crippen LogP contribution >= 0.6 is 0 Å². The van der Waals surface area contributed by atoms with E-state index in [1.807, 2.05) is 0 Å². The van der Waals surface area contributed by atoms with Gasteiger partial charge in [0, 0.05) is 26.2 Å². The molecule has 2 heterocycles. The minimum Gasteiger partial charge on any atom is -0.368 e. The van der Waals surface area contributed by atoms with Crippen LogP contribution in [-0.2, 0) is 0 Å². The van der Waals surface area contributed by atoms with Gasteiger partial charge in [-0.25, -0.2) is 0 Å². The molecule has 0 aromatic carbocycles. The van der Waals surface area contributed by atoms with Crippen molar-refractivity contribution in [3.8, 4) is 0 Å². The van der Waals surface area contributed by atoms with E-state index in [0.717, 1.165) is 44.0 Å². The number of nitrogens with zero attached hydrogens (tertiary/aromatic N) is 5. The number of rotatable bonds is 5. The molecule has 104 valence electrons. The lowest BCUT2D eigenvalue weighted by atomic mass is 10.4. The Morgan fingerprint density at radius 2 is 1.95 bits per heavy atom. The molecule has 0 atom stereocenters. The highest BCUT2D eigenvalue weighted by atomic mass is 15.4. The molecule has 0 unspecified atom stereocenters. The number of nitrogens with two attached hydrogens (primary N) is 1. The average molecular weight is 262 g/mol. The van der Waals surface area contributed by atoms with Crippen LogP contribution in [0.3, 0.4) is 0 Å². The van der Waals surface area contributed by atoms with Crippen LogP contribution in [0.15, 0.2) is 0 Å². The fraction of sp³-hybridized carbons (Fsp3) is 0.769. The Morgan fingerprint density at radius 1 is 1.21 bits per heavy atom. The van der Waals surface area contributed by atoms with Crippen molar-refractivity contribution >= 4 is 17.8 Å². The monoisotopic (exact) mass is 262 g/mol. The summed E-state index contributed by atoms with van der Waals surface area (Å²) in [6.45, 7) is 6.14. The van der Waals surface area contributed by atoms with E-state index in [4.69, 9.17) is 5.73 Å². The molecule has 1 saturated heterocycles. The Kier molecular flexibility index (Phi) is 3.40. The van der Waals surface area contributed by atoms with E-state index in [1.165, 1.54) is 25.7 Å². The van der Waals surface area contributed by atoms with E-state index in [0.29, 0.717) is 5.95 Å². The van der Waals surface area contributed by atoms with E-state index < -0.39 is 0 Å². The first-order valence-corrected chi connectivity index (χ1v) is 7.27. The molecule has 2 fully saturated rings. The van der Waals surface area contributed by atoms with Gasteiger partial charge in [-0.15, -0.1) is 0 Å². The van der Waals surface area contributed by atoms with Crippen molar-refractivity contribution in [1.29, 1.82) is 0 Å². The van der Waals surface area contributed by atoms with E-state index in [1.54, 1.807) is 0 Å². The van der Waals surface area contributed by atoms with Gasteiger partial charge < -0.3 is 15.5 Å². The second-order valence-corrected chi connectivity index (χ2v) is 5.47. The molecule has 1 aliphatic heterocycles. The van der Waals surface area contributed by atoms with Crippen molar-refractivity contribution in [2.45, 2.75) is 32.6 Å². The van der Waals surface area contributed by atoms with E-state index in [2.05, 4.69) is 31.7 Å². The number of aromatic nitrogens is 3. The summed E-state index contributed by atoms with van der Waals surface area (Å²) in [6, 6.07) is 0. The molecule has 0 radical (unpaired) electrons. The van der Waals surface area contributed by atoms with E-state index in [9.17, 15) is 0 Å². The zero-order valence-electron chi connectivity index (χ0n) is 11.5. The highest BCUT2D eigenvalue weighted by molar-refractivity contribution is 5.44. The third-order valence-electron chi connectivity index (χ3n) is 3.86. The lowest BCUT2D eigenvalue weighted by molar-refractivity contribution is 0.714. The van der Waals surface area contributed by atoms with E-state index >= 15 is 0 Å². The fourth-order valence-electron chi connectivity index (χ4n) is 2.53. The molecule has 1 saturated carbocycles. The van der Waals surface area contributed by atoms with Crippen LogP contribution in [0.5, 0.6) is 0 Å². The van der Waals surface area contributed by atoms with Crippen LogP contribution in [0.25, 0.3) is 0 Å². The number of hydrogen-bond donors (Lipinski definition) is 1. The van der Waals surface area contributed by atoms with Crippen molar-refractivity contribution in [3.05, 3.63) is 0 Å². The molecule has 0 spiro atoms. The minimum atomic E-state index is 0.334. The van der Waals surface area contributed by atoms with Crippen molar-refractivity contribution < 1.29 is 0 Å². The summed E-state index contributed by atoms with van der Waals surface area (Å²) in [5.41, 5.74) is 5.85. The summed E-state index contributed by atoms with van der Waals surface area (Å²) in [4.78, 5) is 17.6. The van der Waals surface area contributed by atoms with Crippen molar-refractivity contribution in [2.24, 2.45) is 5.92 Å². The van der Waals surface area contributed by atoms with Gasteiger partial charge in [0.05, 0.1) is 0 Å². The molecular weight excluding hydrogens is 240 g/mol. The molecule has 3 rings (SSSR count). The Morgan fingerprint density at radius 3 is 2.58 bits per heavy atom. The molecule has 0 amide bonds. The normalized spacial score (nSPS) is 18.9. The summed E-state index contributed by atoms with van der Waals surface area (Å²) in [5, 5.41) is 0. The number of anilines is 3. The smallest absolute Gasteiger partial charge is 0.231 e. The molecule has 1 aliphatic carbocycles. The molecular formula is C13H22N6. The summed E-state index contributed by atoms with van der Waals surface area (Å²) in [7, 11) is 0. The van der Waals surface area contributed by atoms with Crippen LogP contribution in [0.4, 0.5) is 17.8 Å². The van der Waals surface area contributed by atoms with Crippen LogP contribution in [0.2, 0.25) is 0 Å². The molecule has 1 aromatic rings. The summed E-state index contributed by atoms with van der Waals surface area (Å²) in [5.74, 6) is 2.63. The molecule has 19 heavy (non-hydrogen) atoms. The zero-order chi connectivity index (χ0) is 13.2. The van der Waals surface area contributed by atoms with Gasteiger partial charge >= 0.3 is 0 Å². The van der Waals surface area contributed by atoms with Crippen LogP contribution in [0, 0.1) is 5.92 Å². The fourth-order valence-corrected chi connectivity index (χ4v) is 2.53. The summed E-state index contributed by atoms with van der Waals surface area (Å²) in [6.07, 6.45) is 5.08. The Balaban J connectivity index is 1.82. The Labute approximate surface area is 114 Å². The van der Waals surface area contributed by atoms with Crippen molar-refractivity contribution in [1.82, 2.24) is 15.0 Å².